The van der Waals surface area contributed by atoms with Crippen LogP contribution < -0.4 is 11.3 Å². The molecule has 0 spiro atoms. The van der Waals surface area contributed by atoms with E-state index in [1.165, 1.54) is 51.4 Å². The third-order valence-corrected chi connectivity index (χ3v) is 5.67. The zero-order valence-corrected chi connectivity index (χ0v) is 12.4. The lowest BCUT2D eigenvalue weighted by Gasteiger charge is -2.50. The summed E-state index contributed by atoms with van der Waals surface area (Å²) in [5, 5.41) is 0. The molecule has 0 heterocycles. The number of hydrogen-bond acceptors (Lipinski definition) is 3. The van der Waals surface area contributed by atoms with Crippen molar-refractivity contribution in [3.63, 3.8) is 0 Å². The van der Waals surface area contributed by atoms with Crippen LogP contribution in [0.3, 0.4) is 0 Å². The molecule has 0 saturated heterocycles. The SMILES string of the molecule is CC1CCC(C(CC2CCC2)NN)(N(C)C)CC1. The highest BCUT2D eigenvalue weighted by Gasteiger charge is 2.43. The van der Waals surface area contributed by atoms with Crippen molar-refractivity contribution >= 4 is 0 Å². The second-order valence-corrected chi connectivity index (χ2v) is 6.93. The monoisotopic (exact) mass is 253 g/mol. The fourth-order valence-electron chi connectivity index (χ4n) is 3.87. The minimum Gasteiger partial charge on any atom is -0.302 e. The predicted octanol–water partition coefficient (Wildman–Crippen LogP) is 2.52. The number of hydrogen-bond donors (Lipinski definition) is 2. The fraction of sp³-hybridized carbons (Fsp3) is 1.00. The summed E-state index contributed by atoms with van der Waals surface area (Å²) in [4.78, 5) is 2.45. The van der Waals surface area contributed by atoms with Crippen LogP contribution in [0.15, 0.2) is 0 Å². The Morgan fingerprint density at radius 2 is 1.83 bits per heavy atom. The van der Waals surface area contributed by atoms with Gasteiger partial charge in [-0.15, -0.1) is 0 Å². The van der Waals surface area contributed by atoms with Crippen LogP contribution in [0, 0.1) is 11.8 Å². The summed E-state index contributed by atoms with van der Waals surface area (Å²) in [5.74, 6) is 7.72. The van der Waals surface area contributed by atoms with Crippen LogP contribution in [0.2, 0.25) is 0 Å². The molecule has 2 rings (SSSR count). The van der Waals surface area contributed by atoms with Crippen molar-refractivity contribution in [1.82, 2.24) is 10.3 Å². The smallest absolute Gasteiger partial charge is 0.0397 e. The Morgan fingerprint density at radius 3 is 2.22 bits per heavy atom. The van der Waals surface area contributed by atoms with Gasteiger partial charge in [-0.3, -0.25) is 11.3 Å². The van der Waals surface area contributed by atoms with Crippen LogP contribution in [-0.2, 0) is 0 Å². The number of nitrogens with two attached hydrogens (primary N) is 1. The van der Waals surface area contributed by atoms with Crippen molar-refractivity contribution in [2.45, 2.75) is 69.9 Å². The maximum absolute atomic E-state index is 5.91. The first-order valence-electron chi connectivity index (χ1n) is 7.72. The van der Waals surface area contributed by atoms with Crippen molar-refractivity contribution in [1.29, 1.82) is 0 Å². The highest BCUT2D eigenvalue weighted by molar-refractivity contribution is 5.01. The molecule has 2 saturated carbocycles. The summed E-state index contributed by atoms with van der Waals surface area (Å²) >= 11 is 0. The lowest BCUT2D eigenvalue weighted by atomic mass is 9.68. The normalized spacial score (nSPS) is 35.5. The number of rotatable bonds is 5. The number of nitrogens with zero attached hydrogens (tertiary/aromatic N) is 1. The molecular formula is C15H31N3. The van der Waals surface area contributed by atoms with Gasteiger partial charge in [-0.05, 0) is 58.0 Å². The fourth-order valence-corrected chi connectivity index (χ4v) is 3.87. The molecule has 0 aromatic carbocycles. The highest BCUT2D eigenvalue weighted by Crippen LogP contribution is 2.41. The molecule has 106 valence electrons. The molecule has 0 radical (unpaired) electrons. The van der Waals surface area contributed by atoms with Crippen LogP contribution in [0.5, 0.6) is 0 Å². The molecule has 0 aliphatic heterocycles. The van der Waals surface area contributed by atoms with E-state index in [0.717, 1.165) is 11.8 Å². The molecule has 2 aliphatic rings. The van der Waals surface area contributed by atoms with Gasteiger partial charge in [0.1, 0.15) is 0 Å². The van der Waals surface area contributed by atoms with E-state index in [4.69, 9.17) is 5.84 Å². The zero-order valence-electron chi connectivity index (χ0n) is 12.4. The third kappa shape index (κ3) is 2.73. The quantitative estimate of drug-likeness (QED) is 0.584. The molecule has 0 aromatic heterocycles. The topological polar surface area (TPSA) is 41.3 Å². The molecule has 18 heavy (non-hydrogen) atoms. The zero-order chi connectivity index (χ0) is 13.2. The van der Waals surface area contributed by atoms with Crippen LogP contribution in [0.25, 0.3) is 0 Å². The van der Waals surface area contributed by atoms with Gasteiger partial charge >= 0.3 is 0 Å². The van der Waals surface area contributed by atoms with Gasteiger partial charge in [0.25, 0.3) is 0 Å². The van der Waals surface area contributed by atoms with Gasteiger partial charge in [-0.2, -0.15) is 0 Å². The van der Waals surface area contributed by atoms with Crippen LogP contribution in [0.1, 0.15) is 58.3 Å². The molecule has 2 fully saturated rings. The molecule has 1 atom stereocenters. The second kappa shape index (κ2) is 5.89. The molecule has 3 N–H and O–H groups in total. The van der Waals surface area contributed by atoms with Gasteiger partial charge in [0.05, 0.1) is 0 Å². The van der Waals surface area contributed by atoms with Crippen LogP contribution in [0.4, 0.5) is 0 Å². The Morgan fingerprint density at radius 1 is 1.22 bits per heavy atom. The first kappa shape index (κ1) is 14.3. The average molecular weight is 253 g/mol. The van der Waals surface area contributed by atoms with E-state index in [2.05, 4.69) is 31.3 Å². The second-order valence-electron chi connectivity index (χ2n) is 6.93. The first-order chi connectivity index (χ1) is 8.58. The van der Waals surface area contributed by atoms with E-state index in [0.29, 0.717) is 6.04 Å². The van der Waals surface area contributed by atoms with Crippen molar-refractivity contribution in [2.75, 3.05) is 14.1 Å². The van der Waals surface area contributed by atoms with E-state index in [-0.39, 0.29) is 5.54 Å². The number of likely N-dealkylation sites (N-methyl/N-ethyl adjacent to an activating group) is 1. The van der Waals surface area contributed by atoms with Gasteiger partial charge in [0, 0.05) is 11.6 Å². The Balaban J connectivity index is 2.05. The van der Waals surface area contributed by atoms with Crippen molar-refractivity contribution in [2.24, 2.45) is 17.7 Å². The molecule has 3 nitrogen and oxygen atoms in total. The molecule has 0 amide bonds. The minimum atomic E-state index is 0.289. The van der Waals surface area contributed by atoms with E-state index in [1.54, 1.807) is 0 Å². The molecule has 0 bridgehead atoms. The van der Waals surface area contributed by atoms with Gasteiger partial charge in [-0.25, -0.2) is 0 Å². The molecule has 0 aromatic rings. The number of hydrazine groups is 1. The van der Waals surface area contributed by atoms with Gasteiger partial charge in [0.15, 0.2) is 0 Å². The molecule has 2 aliphatic carbocycles. The summed E-state index contributed by atoms with van der Waals surface area (Å²) < 4.78 is 0. The lowest BCUT2D eigenvalue weighted by Crippen LogP contribution is -2.62. The third-order valence-electron chi connectivity index (χ3n) is 5.67. The van der Waals surface area contributed by atoms with E-state index in [1.807, 2.05) is 0 Å². The highest BCUT2D eigenvalue weighted by atomic mass is 15.3. The Hall–Kier alpha value is -0.120. The predicted molar refractivity (Wildman–Crippen MR) is 77.1 cm³/mol. The largest absolute Gasteiger partial charge is 0.302 e. The van der Waals surface area contributed by atoms with Crippen molar-refractivity contribution in [3.05, 3.63) is 0 Å². The van der Waals surface area contributed by atoms with E-state index in [9.17, 15) is 0 Å². The Bertz CT molecular complexity index is 252. The average Bonchev–Trinajstić information content (AvgIpc) is 2.29. The first-order valence-corrected chi connectivity index (χ1v) is 7.72. The maximum Gasteiger partial charge on any atom is 0.0397 e. The van der Waals surface area contributed by atoms with Crippen molar-refractivity contribution in [3.8, 4) is 0 Å². The molecular weight excluding hydrogens is 222 g/mol. The minimum absolute atomic E-state index is 0.289. The summed E-state index contributed by atoms with van der Waals surface area (Å²) in [6.45, 7) is 2.39. The summed E-state index contributed by atoms with van der Waals surface area (Å²) in [6, 6.07) is 0.463. The number of nitrogens with one attached hydrogen (secondary N) is 1. The van der Waals surface area contributed by atoms with Crippen molar-refractivity contribution < 1.29 is 0 Å². The summed E-state index contributed by atoms with van der Waals surface area (Å²) in [6.07, 6.45) is 10.8. The van der Waals surface area contributed by atoms with Gasteiger partial charge in [-0.1, -0.05) is 26.2 Å². The maximum atomic E-state index is 5.91. The summed E-state index contributed by atoms with van der Waals surface area (Å²) in [7, 11) is 4.47. The van der Waals surface area contributed by atoms with E-state index < -0.39 is 0 Å². The van der Waals surface area contributed by atoms with Gasteiger partial charge in [0.2, 0.25) is 0 Å². The van der Waals surface area contributed by atoms with Crippen LogP contribution >= 0.6 is 0 Å². The molecule has 3 heteroatoms. The Kier molecular flexibility index (Phi) is 4.68. The van der Waals surface area contributed by atoms with Crippen LogP contribution in [-0.4, -0.2) is 30.6 Å². The lowest BCUT2D eigenvalue weighted by molar-refractivity contribution is 0.0289. The standard InChI is InChI=1S/C15H31N3/c1-12-7-9-15(10-8-12,18(2)3)14(17-16)11-13-5-4-6-13/h12-14,17H,4-11,16H2,1-3H3. The van der Waals surface area contributed by atoms with Gasteiger partial charge < -0.3 is 4.90 Å². The Labute approximate surface area is 112 Å². The summed E-state index contributed by atoms with van der Waals surface area (Å²) in [5.41, 5.74) is 3.45. The molecule has 1 unspecified atom stereocenters. The van der Waals surface area contributed by atoms with E-state index >= 15 is 0 Å².